The predicted octanol–water partition coefficient (Wildman–Crippen LogP) is 15.6. The van der Waals surface area contributed by atoms with Crippen LogP contribution < -0.4 is 0 Å². The third-order valence-corrected chi connectivity index (χ3v) is 15.2. The second-order valence-electron chi connectivity index (χ2n) is 21.0. The number of aliphatic hydroxyl groups is 1. The van der Waals surface area contributed by atoms with Crippen LogP contribution in [0.25, 0.3) is 0 Å². The van der Waals surface area contributed by atoms with Crippen LogP contribution in [-0.2, 0) is 65.4 Å². The van der Waals surface area contributed by atoms with Gasteiger partial charge in [-0.25, -0.2) is 9.13 Å². The highest BCUT2D eigenvalue weighted by Gasteiger charge is 2.30. The molecule has 0 aromatic rings. The first-order valence-electron chi connectivity index (χ1n) is 30.8. The Morgan fingerprint density at radius 2 is 0.545 bits per heavy atom. The van der Waals surface area contributed by atoms with Crippen LogP contribution in [0, 0.1) is 0 Å². The third kappa shape index (κ3) is 53.2. The molecular weight excluding hydrogens is 1030 g/mol. The van der Waals surface area contributed by atoms with Crippen molar-refractivity contribution in [3.8, 4) is 0 Å². The van der Waals surface area contributed by atoms with E-state index in [1.807, 2.05) is 0 Å². The Morgan fingerprint density at radius 3 is 0.818 bits per heavy atom. The molecule has 0 bridgehead atoms. The SMILES string of the molecule is CCCCCCCCCCCCCCCCCC(=O)O[C@H](COC(=O)CCCCCCCCCC)COP(=O)(O)OC[C@@H](O)COP(=O)(O)OC[C@@H](COC(=O)CCCCCCCCCCCCCCC)OC(=O)CCC. The minimum absolute atomic E-state index is 0.0551. The number of esters is 4. The molecule has 17 nitrogen and oxygen atoms in total. The fourth-order valence-corrected chi connectivity index (χ4v) is 10.2. The van der Waals surface area contributed by atoms with E-state index >= 15 is 0 Å². The van der Waals surface area contributed by atoms with E-state index in [2.05, 4.69) is 20.8 Å². The van der Waals surface area contributed by atoms with Gasteiger partial charge in [-0.2, -0.15) is 0 Å². The van der Waals surface area contributed by atoms with E-state index in [-0.39, 0.29) is 25.7 Å². The summed E-state index contributed by atoms with van der Waals surface area (Å²) in [6, 6.07) is 0. The van der Waals surface area contributed by atoms with Crippen LogP contribution in [0.5, 0.6) is 0 Å². The molecule has 0 aromatic heterocycles. The van der Waals surface area contributed by atoms with E-state index in [1.165, 1.54) is 141 Å². The molecule has 19 heteroatoms. The summed E-state index contributed by atoms with van der Waals surface area (Å²) in [5.41, 5.74) is 0. The molecule has 5 atom stereocenters. The van der Waals surface area contributed by atoms with Gasteiger partial charge in [0.1, 0.15) is 19.3 Å². The highest BCUT2D eigenvalue weighted by atomic mass is 31.2. The molecule has 0 radical (unpaired) electrons. The Kier molecular flexibility index (Phi) is 52.0. The van der Waals surface area contributed by atoms with Crippen molar-refractivity contribution in [1.82, 2.24) is 0 Å². The van der Waals surface area contributed by atoms with Crippen LogP contribution in [0.3, 0.4) is 0 Å². The van der Waals surface area contributed by atoms with Gasteiger partial charge in [-0.05, 0) is 25.7 Å². The Bertz CT molecular complexity index is 1500. The lowest BCUT2D eigenvalue weighted by Crippen LogP contribution is -2.30. The van der Waals surface area contributed by atoms with Crippen molar-refractivity contribution in [1.29, 1.82) is 0 Å². The van der Waals surface area contributed by atoms with Crippen LogP contribution >= 0.6 is 15.6 Å². The smallest absolute Gasteiger partial charge is 0.462 e. The fourth-order valence-electron chi connectivity index (χ4n) is 8.61. The van der Waals surface area contributed by atoms with E-state index in [1.54, 1.807) is 6.92 Å². The minimum atomic E-state index is -4.93. The lowest BCUT2D eigenvalue weighted by atomic mass is 10.0. The number of phosphoric acid groups is 2. The first kappa shape index (κ1) is 75.1. The molecule has 0 aliphatic carbocycles. The molecular formula is C58H112O17P2. The van der Waals surface area contributed by atoms with Gasteiger partial charge in [0.2, 0.25) is 0 Å². The zero-order chi connectivity index (χ0) is 56.9. The lowest BCUT2D eigenvalue weighted by molar-refractivity contribution is -0.161. The highest BCUT2D eigenvalue weighted by molar-refractivity contribution is 7.47. The number of carbonyl (C=O) groups is 4. The second kappa shape index (κ2) is 53.4. The Morgan fingerprint density at radius 1 is 0.312 bits per heavy atom. The van der Waals surface area contributed by atoms with E-state index in [4.69, 9.17) is 37.0 Å². The van der Waals surface area contributed by atoms with E-state index < -0.39 is 97.5 Å². The Balaban J connectivity index is 4.92. The molecule has 0 aliphatic heterocycles. The van der Waals surface area contributed by atoms with Gasteiger partial charge in [0.25, 0.3) is 0 Å². The van der Waals surface area contributed by atoms with Crippen LogP contribution in [0.1, 0.15) is 291 Å². The molecule has 3 N–H and O–H groups in total. The van der Waals surface area contributed by atoms with Crippen LogP contribution in [0.2, 0.25) is 0 Å². The van der Waals surface area contributed by atoms with E-state index in [0.717, 1.165) is 70.6 Å². The third-order valence-electron chi connectivity index (χ3n) is 13.3. The molecule has 0 saturated heterocycles. The highest BCUT2D eigenvalue weighted by Crippen LogP contribution is 2.45. The maximum atomic E-state index is 12.9. The topological polar surface area (TPSA) is 237 Å². The van der Waals surface area contributed by atoms with Gasteiger partial charge >= 0.3 is 39.5 Å². The molecule has 0 rings (SSSR count). The van der Waals surface area contributed by atoms with Gasteiger partial charge in [0.15, 0.2) is 12.2 Å². The zero-order valence-electron chi connectivity index (χ0n) is 48.9. The van der Waals surface area contributed by atoms with E-state index in [0.29, 0.717) is 25.7 Å². The average Bonchev–Trinajstić information content (AvgIpc) is 3.40. The standard InChI is InChI=1S/C58H112O17P2/c1-5-9-12-15-18-21-23-25-26-28-30-32-35-38-41-45-58(63)75-54(49-69-56(61)43-39-36-33-20-17-14-11-7-3)51-73-77(66,67)71-47-52(59)46-70-76(64,65)72-50-53(74-57(62)42-8-4)48-68-55(60)44-40-37-34-31-29-27-24-22-19-16-13-10-6-2/h52-54,59H,5-51H2,1-4H3,(H,64,65)(H,66,67)/t52-,53+,54+/m0/s1. The maximum absolute atomic E-state index is 12.9. The summed E-state index contributed by atoms with van der Waals surface area (Å²) in [6.45, 7) is 4.43. The second-order valence-corrected chi connectivity index (χ2v) is 23.9. The minimum Gasteiger partial charge on any atom is -0.462 e. The van der Waals surface area contributed by atoms with Crippen LogP contribution in [-0.4, -0.2) is 96.7 Å². The fraction of sp³-hybridized carbons (Fsp3) is 0.931. The molecule has 77 heavy (non-hydrogen) atoms. The van der Waals surface area contributed by atoms with Crippen molar-refractivity contribution in [2.45, 2.75) is 309 Å². The summed E-state index contributed by atoms with van der Waals surface area (Å²) >= 11 is 0. The number of rotatable bonds is 59. The number of aliphatic hydroxyl groups excluding tert-OH is 1. The Labute approximate surface area is 467 Å². The molecule has 0 heterocycles. The van der Waals surface area contributed by atoms with Gasteiger partial charge in [-0.15, -0.1) is 0 Å². The van der Waals surface area contributed by atoms with Gasteiger partial charge in [0, 0.05) is 25.7 Å². The summed E-state index contributed by atoms with van der Waals surface area (Å²) in [5.74, 6) is -2.20. The summed E-state index contributed by atoms with van der Waals surface area (Å²) in [7, 11) is -9.84. The summed E-state index contributed by atoms with van der Waals surface area (Å²) in [4.78, 5) is 71.0. The zero-order valence-corrected chi connectivity index (χ0v) is 50.7. The quantitative estimate of drug-likeness (QED) is 0.0222. The van der Waals surface area contributed by atoms with Gasteiger partial charge < -0.3 is 33.8 Å². The van der Waals surface area contributed by atoms with Gasteiger partial charge in [-0.3, -0.25) is 37.3 Å². The van der Waals surface area contributed by atoms with Crippen molar-refractivity contribution >= 4 is 39.5 Å². The van der Waals surface area contributed by atoms with Gasteiger partial charge in [-0.1, -0.05) is 240 Å². The van der Waals surface area contributed by atoms with E-state index in [9.17, 15) is 43.2 Å². The molecule has 0 spiro atoms. The number of carbonyl (C=O) groups excluding carboxylic acids is 4. The number of phosphoric ester groups is 2. The predicted molar refractivity (Wildman–Crippen MR) is 303 cm³/mol. The summed E-state index contributed by atoms with van der Waals surface area (Å²) in [6.07, 6.45) is 38.0. The van der Waals surface area contributed by atoms with Crippen LogP contribution in [0.15, 0.2) is 0 Å². The van der Waals surface area contributed by atoms with Crippen molar-refractivity contribution in [3.63, 3.8) is 0 Å². The molecule has 2 unspecified atom stereocenters. The summed E-state index contributed by atoms with van der Waals surface area (Å²) in [5, 5.41) is 10.4. The van der Waals surface area contributed by atoms with Crippen molar-refractivity contribution in [2.75, 3.05) is 39.6 Å². The molecule has 0 aromatic carbocycles. The lowest BCUT2D eigenvalue weighted by Gasteiger charge is -2.21. The monoisotopic (exact) mass is 1140 g/mol. The van der Waals surface area contributed by atoms with Crippen molar-refractivity contribution < 1.29 is 80.2 Å². The molecule has 456 valence electrons. The normalized spacial score (nSPS) is 14.3. The molecule has 0 fully saturated rings. The molecule has 0 amide bonds. The number of unbranched alkanes of at least 4 members (excludes halogenated alkanes) is 33. The van der Waals surface area contributed by atoms with Crippen molar-refractivity contribution in [3.05, 3.63) is 0 Å². The average molecular weight is 1140 g/mol. The van der Waals surface area contributed by atoms with Crippen LogP contribution in [0.4, 0.5) is 0 Å². The summed E-state index contributed by atoms with van der Waals surface area (Å²) < 4.78 is 67.0. The van der Waals surface area contributed by atoms with Gasteiger partial charge in [0.05, 0.1) is 26.4 Å². The maximum Gasteiger partial charge on any atom is 0.472 e. The first-order chi connectivity index (χ1) is 37.2. The Hall–Kier alpha value is -1.94. The molecule has 0 aliphatic rings. The largest absolute Gasteiger partial charge is 0.472 e. The first-order valence-corrected chi connectivity index (χ1v) is 33.8. The number of hydrogen-bond acceptors (Lipinski definition) is 15. The number of hydrogen-bond donors (Lipinski definition) is 3. The molecule has 0 saturated carbocycles. The van der Waals surface area contributed by atoms with Crippen molar-refractivity contribution in [2.24, 2.45) is 0 Å². The number of ether oxygens (including phenoxy) is 4.